The quantitative estimate of drug-likeness (QED) is 0.602. The Labute approximate surface area is 72.8 Å². The van der Waals surface area contributed by atoms with Gasteiger partial charge in [-0.3, -0.25) is 4.68 Å². The predicted octanol–water partition coefficient (Wildman–Crippen LogP) is 1.29. The summed E-state index contributed by atoms with van der Waals surface area (Å²) in [5.41, 5.74) is 5.89. The second kappa shape index (κ2) is 2.20. The third-order valence-electron chi connectivity index (χ3n) is 1.69. The molecule has 0 atom stereocenters. The molecule has 0 bridgehead atoms. The standard InChI is InChI=1S/C8H8FN3/c1-12-7-5(8(9)11-12)3-2-4-6(7)10/h2-4H,10H2,1H3/i1D3. The molecule has 62 valence electrons. The molecule has 0 amide bonds. The van der Waals surface area contributed by atoms with E-state index in [1.165, 1.54) is 12.1 Å². The van der Waals surface area contributed by atoms with E-state index in [9.17, 15) is 4.39 Å². The number of benzene rings is 1. The van der Waals surface area contributed by atoms with Crippen molar-refractivity contribution in [3.8, 4) is 0 Å². The summed E-state index contributed by atoms with van der Waals surface area (Å²) in [6.45, 7) is -2.53. The molecular formula is C8H8FN3. The zero-order valence-electron chi connectivity index (χ0n) is 9.08. The summed E-state index contributed by atoms with van der Waals surface area (Å²) >= 11 is 0. The molecule has 0 aliphatic heterocycles. The number of nitrogens with two attached hydrogens (primary N) is 1. The first-order chi connectivity index (χ1) is 6.91. The van der Waals surface area contributed by atoms with Crippen LogP contribution in [0.25, 0.3) is 10.9 Å². The topological polar surface area (TPSA) is 43.8 Å². The lowest BCUT2D eigenvalue weighted by Crippen LogP contribution is -1.94. The van der Waals surface area contributed by atoms with Gasteiger partial charge in [-0.15, -0.1) is 5.10 Å². The van der Waals surface area contributed by atoms with Gasteiger partial charge in [0, 0.05) is 11.1 Å². The largest absolute Gasteiger partial charge is 0.397 e. The van der Waals surface area contributed by atoms with E-state index >= 15 is 0 Å². The Bertz CT molecular complexity index is 518. The monoisotopic (exact) mass is 168 g/mol. The maximum Gasteiger partial charge on any atom is 0.240 e. The van der Waals surface area contributed by atoms with Crippen molar-refractivity contribution in [3.05, 3.63) is 24.1 Å². The molecule has 0 aliphatic carbocycles. The third-order valence-corrected chi connectivity index (χ3v) is 1.69. The minimum absolute atomic E-state index is 0.106. The van der Waals surface area contributed by atoms with Crippen LogP contribution < -0.4 is 5.73 Å². The smallest absolute Gasteiger partial charge is 0.240 e. The number of hydrogen-bond donors (Lipinski definition) is 1. The fourth-order valence-electron chi connectivity index (χ4n) is 1.16. The maximum atomic E-state index is 13.3. The highest BCUT2D eigenvalue weighted by Crippen LogP contribution is 2.21. The van der Waals surface area contributed by atoms with Gasteiger partial charge in [-0.1, -0.05) is 6.07 Å². The molecule has 1 heterocycles. The van der Waals surface area contributed by atoms with Gasteiger partial charge in [-0.05, 0) is 12.1 Å². The van der Waals surface area contributed by atoms with Gasteiger partial charge in [0.2, 0.25) is 5.95 Å². The molecule has 0 aliphatic rings. The molecular weight excluding hydrogens is 157 g/mol. The van der Waals surface area contributed by atoms with Gasteiger partial charge in [0.25, 0.3) is 0 Å². The number of anilines is 1. The summed E-state index contributed by atoms with van der Waals surface area (Å²) in [7, 11) is 0. The normalized spacial score (nSPS) is 15.6. The van der Waals surface area contributed by atoms with Crippen molar-refractivity contribution >= 4 is 16.6 Å². The van der Waals surface area contributed by atoms with Crippen molar-refractivity contribution in [1.29, 1.82) is 0 Å². The number of para-hydroxylation sites is 1. The van der Waals surface area contributed by atoms with Crippen LogP contribution in [0.3, 0.4) is 0 Å². The molecule has 12 heavy (non-hydrogen) atoms. The number of aromatic nitrogens is 2. The number of aryl methyl sites for hydroxylation is 1. The first-order valence-corrected chi connectivity index (χ1v) is 3.34. The molecule has 1 aromatic carbocycles. The van der Waals surface area contributed by atoms with E-state index in [2.05, 4.69) is 5.10 Å². The first-order valence-electron chi connectivity index (χ1n) is 4.84. The number of rotatable bonds is 0. The van der Waals surface area contributed by atoms with Crippen molar-refractivity contribution in [3.63, 3.8) is 0 Å². The maximum absolute atomic E-state index is 13.3. The number of nitrogens with zero attached hydrogens (tertiary/aromatic N) is 2. The Hall–Kier alpha value is -1.58. The van der Waals surface area contributed by atoms with E-state index in [4.69, 9.17) is 9.85 Å². The van der Waals surface area contributed by atoms with Gasteiger partial charge >= 0.3 is 0 Å². The van der Waals surface area contributed by atoms with Crippen LogP contribution in [-0.4, -0.2) is 9.78 Å². The predicted molar refractivity (Wildman–Crippen MR) is 45.1 cm³/mol. The van der Waals surface area contributed by atoms with E-state index in [-0.39, 0.29) is 16.6 Å². The summed E-state index contributed by atoms with van der Waals surface area (Å²) < 4.78 is 35.4. The van der Waals surface area contributed by atoms with Crippen LogP contribution >= 0.6 is 0 Å². The summed E-state index contributed by atoms with van der Waals surface area (Å²) in [5.74, 6) is -0.826. The molecule has 0 unspecified atom stereocenters. The van der Waals surface area contributed by atoms with Gasteiger partial charge in [-0.25, -0.2) is 0 Å². The second-order valence-electron chi connectivity index (χ2n) is 2.45. The van der Waals surface area contributed by atoms with Gasteiger partial charge < -0.3 is 5.73 Å². The molecule has 1 aromatic heterocycles. The molecule has 2 N–H and O–H groups in total. The van der Waals surface area contributed by atoms with Crippen LogP contribution in [0.1, 0.15) is 4.11 Å². The minimum Gasteiger partial charge on any atom is -0.397 e. The highest BCUT2D eigenvalue weighted by molar-refractivity contribution is 5.89. The molecule has 3 nitrogen and oxygen atoms in total. The molecule has 0 saturated carbocycles. The van der Waals surface area contributed by atoms with Crippen LogP contribution in [0.2, 0.25) is 0 Å². The van der Waals surface area contributed by atoms with Gasteiger partial charge in [0.05, 0.1) is 16.6 Å². The van der Waals surface area contributed by atoms with Crippen LogP contribution in [-0.2, 0) is 6.98 Å². The van der Waals surface area contributed by atoms with E-state index in [0.29, 0.717) is 4.68 Å². The van der Waals surface area contributed by atoms with Crippen LogP contribution in [0.15, 0.2) is 18.2 Å². The molecule has 2 aromatic rings. The minimum atomic E-state index is -2.53. The number of nitrogen functional groups attached to an aromatic ring is 1. The van der Waals surface area contributed by atoms with Crippen molar-refractivity contribution in [2.75, 3.05) is 5.73 Å². The number of fused-ring (bicyclic) bond motifs is 1. The summed E-state index contributed by atoms with van der Waals surface area (Å²) in [6.07, 6.45) is 0. The van der Waals surface area contributed by atoms with Crippen molar-refractivity contribution < 1.29 is 8.50 Å². The molecule has 2 rings (SSSR count). The summed E-state index contributed by atoms with van der Waals surface area (Å²) in [6, 6.07) is 4.49. The third kappa shape index (κ3) is 0.777. The molecule has 0 saturated heterocycles. The Morgan fingerprint density at radius 2 is 2.50 bits per heavy atom. The summed E-state index contributed by atoms with van der Waals surface area (Å²) in [4.78, 5) is 0. The lowest BCUT2D eigenvalue weighted by atomic mass is 10.2. The van der Waals surface area contributed by atoms with E-state index < -0.39 is 12.9 Å². The van der Waals surface area contributed by atoms with Crippen molar-refractivity contribution in [2.24, 2.45) is 6.98 Å². The second-order valence-corrected chi connectivity index (χ2v) is 2.45. The Kier molecular flexibility index (Phi) is 0.816. The SMILES string of the molecule is [2H]C([2H])([2H])n1nc(F)c2cccc(N)c21. The average Bonchev–Trinajstić information content (AvgIpc) is 2.45. The number of hydrogen-bond acceptors (Lipinski definition) is 2. The number of halogens is 1. The molecule has 0 radical (unpaired) electrons. The van der Waals surface area contributed by atoms with Crippen LogP contribution in [0.4, 0.5) is 10.1 Å². The van der Waals surface area contributed by atoms with Gasteiger partial charge in [-0.2, -0.15) is 4.39 Å². The fraction of sp³-hybridized carbons (Fsp3) is 0.125. The average molecular weight is 168 g/mol. The Morgan fingerprint density at radius 3 is 3.25 bits per heavy atom. The Morgan fingerprint density at radius 1 is 1.67 bits per heavy atom. The lowest BCUT2D eigenvalue weighted by Gasteiger charge is -1.96. The van der Waals surface area contributed by atoms with Crippen LogP contribution in [0.5, 0.6) is 0 Å². The lowest BCUT2D eigenvalue weighted by molar-refractivity contribution is 0.562. The van der Waals surface area contributed by atoms with Gasteiger partial charge in [0.15, 0.2) is 0 Å². The van der Waals surface area contributed by atoms with E-state index in [1.807, 2.05) is 0 Å². The van der Waals surface area contributed by atoms with Crippen molar-refractivity contribution in [2.45, 2.75) is 0 Å². The molecule has 0 fully saturated rings. The molecule has 4 heteroatoms. The molecule has 0 spiro atoms. The van der Waals surface area contributed by atoms with Gasteiger partial charge in [0.1, 0.15) is 0 Å². The Balaban J connectivity index is 2.88. The zero-order valence-corrected chi connectivity index (χ0v) is 6.08. The van der Waals surface area contributed by atoms with E-state index in [0.717, 1.165) is 0 Å². The van der Waals surface area contributed by atoms with Crippen molar-refractivity contribution in [1.82, 2.24) is 9.78 Å². The van der Waals surface area contributed by atoms with E-state index in [1.54, 1.807) is 6.07 Å². The van der Waals surface area contributed by atoms with Crippen LogP contribution in [0, 0.1) is 5.95 Å². The highest BCUT2D eigenvalue weighted by atomic mass is 19.1. The highest BCUT2D eigenvalue weighted by Gasteiger charge is 2.08. The summed E-state index contributed by atoms with van der Waals surface area (Å²) in [5, 5.41) is 3.45. The first kappa shape index (κ1) is 4.45. The fourth-order valence-corrected chi connectivity index (χ4v) is 1.16. The zero-order chi connectivity index (χ0) is 11.2.